The highest BCUT2D eigenvalue weighted by Crippen LogP contribution is 2.26. The van der Waals surface area contributed by atoms with Crippen LogP contribution in [0, 0.1) is 11.8 Å². The molecule has 0 aromatic heterocycles. The number of alkyl halides is 1. The highest BCUT2D eigenvalue weighted by Gasteiger charge is 2.35. The molecule has 142 valence electrons. The quantitative estimate of drug-likeness (QED) is 0.396. The Kier molecular flexibility index (Phi) is 9.93. The van der Waals surface area contributed by atoms with E-state index >= 15 is 0 Å². The predicted octanol–water partition coefficient (Wildman–Crippen LogP) is 2.99. The molecule has 7 heteroatoms. The fraction of sp³-hybridized carbons (Fsp3) is 0.778. The van der Waals surface area contributed by atoms with Gasteiger partial charge in [0.2, 0.25) is 0 Å². The van der Waals surface area contributed by atoms with Crippen molar-refractivity contribution in [3.63, 3.8) is 0 Å². The van der Waals surface area contributed by atoms with Crippen molar-refractivity contribution in [1.29, 1.82) is 0 Å². The van der Waals surface area contributed by atoms with E-state index in [4.69, 9.17) is 9.47 Å². The average molecular weight is 419 g/mol. The van der Waals surface area contributed by atoms with Crippen molar-refractivity contribution >= 4 is 39.4 Å². The minimum absolute atomic E-state index is 0.0234. The lowest BCUT2D eigenvalue weighted by molar-refractivity contribution is -0.154. The topological polar surface area (TPSA) is 86.7 Å². The summed E-state index contributed by atoms with van der Waals surface area (Å²) in [5.41, 5.74) is 0. The van der Waals surface area contributed by atoms with E-state index in [1.54, 1.807) is 13.8 Å². The van der Waals surface area contributed by atoms with Crippen LogP contribution in [-0.4, -0.2) is 41.5 Å². The molecular formula is C18H27BrO6. The van der Waals surface area contributed by atoms with Crippen LogP contribution in [0.4, 0.5) is 0 Å². The summed E-state index contributed by atoms with van der Waals surface area (Å²) < 4.78 is 9.61. The summed E-state index contributed by atoms with van der Waals surface area (Å²) in [4.78, 5) is 45.0. The number of carbonyl (C=O) groups is 4. The van der Waals surface area contributed by atoms with Gasteiger partial charge in [-0.15, -0.1) is 0 Å². The highest BCUT2D eigenvalue weighted by molar-refractivity contribution is 9.10. The van der Waals surface area contributed by atoms with Crippen LogP contribution in [0.1, 0.15) is 58.8 Å². The number of Topliss-reactive ketones (excluding diaryl/α,β-unsaturated/α-hetero) is 2. The molecule has 3 atom stereocenters. The Hall–Kier alpha value is -1.24. The lowest BCUT2D eigenvalue weighted by atomic mass is 9.88. The summed E-state index contributed by atoms with van der Waals surface area (Å²) in [6.45, 7) is 4.21. The lowest BCUT2D eigenvalue weighted by Crippen LogP contribution is -2.35. The third-order valence-corrected chi connectivity index (χ3v) is 5.21. The molecule has 3 unspecified atom stereocenters. The smallest absolute Gasteiger partial charge is 0.316 e. The zero-order valence-electron chi connectivity index (χ0n) is 14.9. The summed E-state index contributed by atoms with van der Waals surface area (Å²) in [6.07, 6.45) is 5.49. The molecule has 0 radical (unpaired) electrons. The summed E-state index contributed by atoms with van der Waals surface area (Å²) in [5, 5.41) is 0. The monoisotopic (exact) mass is 418 g/mol. The van der Waals surface area contributed by atoms with Crippen LogP contribution in [0.2, 0.25) is 0 Å². The second-order valence-corrected chi connectivity index (χ2v) is 7.23. The molecule has 0 saturated heterocycles. The summed E-state index contributed by atoms with van der Waals surface area (Å²) in [5.74, 6) is -1.65. The molecule has 2 aliphatic rings. The molecule has 0 heterocycles. The zero-order chi connectivity index (χ0) is 18.8. The first-order valence-corrected chi connectivity index (χ1v) is 9.87. The number of ketones is 2. The molecular weight excluding hydrogens is 392 g/mol. The number of carbonyl (C=O) groups excluding carboxylic acids is 4. The van der Waals surface area contributed by atoms with Crippen molar-refractivity contribution in [2.24, 2.45) is 11.8 Å². The summed E-state index contributed by atoms with van der Waals surface area (Å²) in [6, 6.07) is 0. The third kappa shape index (κ3) is 6.88. The Morgan fingerprint density at radius 3 is 2.04 bits per heavy atom. The maximum atomic E-state index is 11.5. The Bertz CT molecular complexity index is 490. The SMILES string of the molecule is CCOC(=O)C1CCCC(Br)C1=O.CCOC(=O)C1CCCCC1=O. The fourth-order valence-corrected chi connectivity index (χ4v) is 3.60. The Balaban J connectivity index is 0.000000251. The van der Waals surface area contributed by atoms with Crippen LogP contribution in [-0.2, 0) is 28.7 Å². The van der Waals surface area contributed by atoms with Crippen LogP contribution >= 0.6 is 15.9 Å². The molecule has 0 spiro atoms. The van der Waals surface area contributed by atoms with Crippen LogP contribution < -0.4 is 0 Å². The third-order valence-electron chi connectivity index (χ3n) is 4.30. The van der Waals surface area contributed by atoms with Gasteiger partial charge in [-0.1, -0.05) is 28.8 Å². The maximum absolute atomic E-state index is 11.5. The van der Waals surface area contributed by atoms with Crippen LogP contribution in [0.25, 0.3) is 0 Å². The van der Waals surface area contributed by atoms with Gasteiger partial charge in [-0.3, -0.25) is 19.2 Å². The number of ether oxygens (including phenoxy) is 2. The van der Waals surface area contributed by atoms with Gasteiger partial charge in [0.25, 0.3) is 0 Å². The van der Waals surface area contributed by atoms with Crippen molar-refractivity contribution in [2.75, 3.05) is 13.2 Å². The molecule has 2 fully saturated rings. The van der Waals surface area contributed by atoms with Gasteiger partial charge < -0.3 is 9.47 Å². The second kappa shape index (κ2) is 11.4. The van der Waals surface area contributed by atoms with Crippen molar-refractivity contribution in [1.82, 2.24) is 0 Å². The first kappa shape index (κ1) is 21.8. The largest absolute Gasteiger partial charge is 0.465 e. The number of hydrogen-bond donors (Lipinski definition) is 0. The average Bonchev–Trinajstić information content (AvgIpc) is 2.58. The number of hydrogen-bond acceptors (Lipinski definition) is 6. The summed E-state index contributed by atoms with van der Waals surface area (Å²) >= 11 is 3.26. The van der Waals surface area contributed by atoms with E-state index in [1.807, 2.05) is 0 Å². The van der Waals surface area contributed by atoms with Crippen molar-refractivity contribution in [3.8, 4) is 0 Å². The van der Waals surface area contributed by atoms with Crippen molar-refractivity contribution in [2.45, 2.75) is 63.6 Å². The van der Waals surface area contributed by atoms with Gasteiger partial charge in [-0.25, -0.2) is 0 Å². The molecule has 0 bridgehead atoms. The minimum Gasteiger partial charge on any atom is -0.465 e. The molecule has 25 heavy (non-hydrogen) atoms. The molecule has 0 amide bonds. The molecule has 0 aliphatic heterocycles. The second-order valence-electron chi connectivity index (χ2n) is 6.12. The van der Waals surface area contributed by atoms with Gasteiger partial charge in [-0.05, 0) is 39.5 Å². The lowest BCUT2D eigenvalue weighted by Gasteiger charge is -2.22. The normalized spacial score (nSPS) is 26.3. The van der Waals surface area contributed by atoms with E-state index in [0.717, 1.165) is 25.7 Å². The molecule has 2 saturated carbocycles. The Morgan fingerprint density at radius 1 is 0.920 bits per heavy atom. The molecule has 6 nitrogen and oxygen atoms in total. The Morgan fingerprint density at radius 2 is 1.48 bits per heavy atom. The standard InChI is InChI=1S/C9H13BrO3.C9H14O3/c1-2-13-9(12)6-4-3-5-7(10)8(6)11;1-2-12-9(11)7-5-3-4-6-8(7)10/h6-7H,2-5H2,1H3;7H,2-6H2,1H3. The van der Waals surface area contributed by atoms with Gasteiger partial charge in [0.1, 0.15) is 17.6 Å². The summed E-state index contributed by atoms with van der Waals surface area (Å²) in [7, 11) is 0. The van der Waals surface area contributed by atoms with Crippen molar-refractivity contribution < 1.29 is 28.7 Å². The number of rotatable bonds is 4. The number of halogens is 1. The predicted molar refractivity (Wildman–Crippen MR) is 95.3 cm³/mol. The first-order chi connectivity index (χ1) is 11.9. The van der Waals surface area contributed by atoms with Gasteiger partial charge in [-0.2, -0.15) is 0 Å². The molecule has 2 aliphatic carbocycles. The molecule has 0 aromatic carbocycles. The molecule has 2 rings (SSSR count). The number of esters is 2. The minimum atomic E-state index is -0.530. The maximum Gasteiger partial charge on any atom is 0.316 e. The van der Waals surface area contributed by atoms with Crippen LogP contribution in [0.3, 0.4) is 0 Å². The van der Waals surface area contributed by atoms with Gasteiger partial charge in [0.15, 0.2) is 5.78 Å². The van der Waals surface area contributed by atoms with Crippen LogP contribution in [0.15, 0.2) is 0 Å². The molecule has 0 aromatic rings. The van der Waals surface area contributed by atoms with E-state index in [2.05, 4.69) is 15.9 Å². The van der Waals surface area contributed by atoms with Crippen molar-refractivity contribution in [3.05, 3.63) is 0 Å². The van der Waals surface area contributed by atoms with Gasteiger partial charge >= 0.3 is 11.9 Å². The van der Waals surface area contributed by atoms with Crippen LogP contribution in [0.5, 0.6) is 0 Å². The van der Waals surface area contributed by atoms with E-state index in [1.165, 1.54) is 0 Å². The molecule has 0 N–H and O–H groups in total. The fourth-order valence-electron chi connectivity index (χ4n) is 2.96. The van der Waals surface area contributed by atoms with Gasteiger partial charge in [0.05, 0.1) is 18.0 Å². The van der Waals surface area contributed by atoms with E-state index in [0.29, 0.717) is 32.5 Å². The van der Waals surface area contributed by atoms with E-state index < -0.39 is 11.8 Å². The highest BCUT2D eigenvalue weighted by atomic mass is 79.9. The van der Waals surface area contributed by atoms with E-state index in [-0.39, 0.29) is 28.3 Å². The van der Waals surface area contributed by atoms with Gasteiger partial charge in [0, 0.05) is 6.42 Å². The Labute approximate surface area is 157 Å². The zero-order valence-corrected chi connectivity index (χ0v) is 16.5. The first-order valence-electron chi connectivity index (χ1n) is 8.96. The van der Waals surface area contributed by atoms with E-state index in [9.17, 15) is 19.2 Å².